The van der Waals surface area contributed by atoms with Crippen LogP contribution in [0.25, 0.3) is 0 Å². The van der Waals surface area contributed by atoms with Crippen LogP contribution in [0.2, 0.25) is 0 Å². The van der Waals surface area contributed by atoms with Crippen LogP contribution in [0.4, 0.5) is 19.1 Å². The number of alkyl halides is 3. The van der Waals surface area contributed by atoms with Gasteiger partial charge in [-0.3, -0.25) is 0 Å². The summed E-state index contributed by atoms with van der Waals surface area (Å²) >= 11 is 0. The van der Waals surface area contributed by atoms with Crippen LogP contribution >= 0.6 is 0 Å². The van der Waals surface area contributed by atoms with Crippen molar-refractivity contribution < 1.29 is 17.9 Å². The molecule has 0 radical (unpaired) electrons. The Bertz CT molecular complexity index is 684. The first-order valence-corrected chi connectivity index (χ1v) is 6.14. The highest BCUT2D eigenvalue weighted by Gasteiger charge is 2.33. The Kier molecular flexibility index (Phi) is 3.76. The number of hydrogen-bond donors (Lipinski definition) is 1. The van der Waals surface area contributed by atoms with Gasteiger partial charge in [0.15, 0.2) is 5.69 Å². The minimum absolute atomic E-state index is 0.233. The summed E-state index contributed by atoms with van der Waals surface area (Å²) in [6.07, 6.45) is -4.60. The van der Waals surface area contributed by atoms with E-state index < -0.39 is 17.8 Å². The summed E-state index contributed by atoms with van der Waals surface area (Å²) in [6.45, 7) is 5.58. The van der Waals surface area contributed by atoms with Crippen molar-refractivity contribution in [3.8, 4) is 11.6 Å². The maximum absolute atomic E-state index is 12.7. The van der Waals surface area contributed by atoms with Gasteiger partial charge in [-0.05, 0) is 43.5 Å². The predicted molar refractivity (Wildman–Crippen MR) is 72.2 cm³/mol. The van der Waals surface area contributed by atoms with Crippen molar-refractivity contribution in [1.82, 2.24) is 9.97 Å². The fraction of sp³-hybridized carbons (Fsp3) is 0.286. The monoisotopic (exact) mass is 297 g/mol. The van der Waals surface area contributed by atoms with Crippen molar-refractivity contribution in [2.75, 3.05) is 5.73 Å². The number of hydrogen-bond acceptors (Lipinski definition) is 4. The van der Waals surface area contributed by atoms with Gasteiger partial charge in [-0.25, -0.2) is 4.98 Å². The number of anilines is 1. The number of nitrogens with two attached hydrogens (primary N) is 1. The third-order valence-electron chi connectivity index (χ3n) is 2.99. The van der Waals surface area contributed by atoms with Gasteiger partial charge in [-0.15, -0.1) is 0 Å². The molecule has 4 nitrogen and oxygen atoms in total. The Morgan fingerprint density at radius 1 is 1.05 bits per heavy atom. The van der Waals surface area contributed by atoms with Crippen LogP contribution in [0.5, 0.6) is 11.6 Å². The van der Waals surface area contributed by atoms with Crippen molar-refractivity contribution in [1.29, 1.82) is 0 Å². The van der Waals surface area contributed by atoms with Crippen LogP contribution in [0.3, 0.4) is 0 Å². The summed E-state index contributed by atoms with van der Waals surface area (Å²) in [7, 11) is 0. The lowest BCUT2D eigenvalue weighted by molar-refractivity contribution is -0.141. The first kappa shape index (κ1) is 15.1. The topological polar surface area (TPSA) is 61.0 Å². The number of nitrogen functional groups attached to an aromatic ring is 1. The molecule has 0 unspecified atom stereocenters. The molecule has 0 spiro atoms. The number of benzene rings is 1. The van der Waals surface area contributed by atoms with Gasteiger partial charge in [0.05, 0.1) is 0 Å². The standard InChI is InChI=1S/C14H14F3N3O/c1-7-4-8(2)9(3)10(5-7)21-12-6-11(14(15,16)17)19-13(18)20-12/h4-6H,1-3H3,(H2,18,19,20). The zero-order valence-corrected chi connectivity index (χ0v) is 11.7. The second-order valence-corrected chi connectivity index (χ2v) is 4.75. The van der Waals surface area contributed by atoms with Crippen molar-refractivity contribution in [3.63, 3.8) is 0 Å². The molecule has 2 rings (SSSR count). The largest absolute Gasteiger partial charge is 0.439 e. The quantitative estimate of drug-likeness (QED) is 0.916. The van der Waals surface area contributed by atoms with E-state index in [1.165, 1.54) is 0 Å². The summed E-state index contributed by atoms with van der Waals surface area (Å²) in [6, 6.07) is 4.42. The third-order valence-corrected chi connectivity index (χ3v) is 2.99. The van der Waals surface area contributed by atoms with Crippen molar-refractivity contribution >= 4 is 5.95 Å². The van der Waals surface area contributed by atoms with E-state index >= 15 is 0 Å². The lowest BCUT2D eigenvalue weighted by atomic mass is 10.1. The molecule has 0 amide bonds. The number of aromatic nitrogens is 2. The predicted octanol–water partition coefficient (Wildman–Crippen LogP) is 3.80. The number of ether oxygens (including phenoxy) is 1. The van der Waals surface area contributed by atoms with E-state index in [2.05, 4.69) is 9.97 Å². The van der Waals surface area contributed by atoms with Gasteiger partial charge in [-0.2, -0.15) is 18.2 Å². The van der Waals surface area contributed by atoms with Crippen LogP contribution in [-0.4, -0.2) is 9.97 Å². The first-order chi connectivity index (χ1) is 9.66. The molecule has 21 heavy (non-hydrogen) atoms. The Hall–Kier alpha value is -2.31. The normalized spacial score (nSPS) is 11.5. The Balaban J connectivity index is 2.43. The second-order valence-electron chi connectivity index (χ2n) is 4.75. The average molecular weight is 297 g/mol. The molecule has 0 atom stereocenters. The first-order valence-electron chi connectivity index (χ1n) is 6.14. The van der Waals surface area contributed by atoms with Crippen LogP contribution in [0.15, 0.2) is 18.2 Å². The number of rotatable bonds is 2. The Labute approximate surface area is 119 Å². The Morgan fingerprint density at radius 2 is 1.71 bits per heavy atom. The molecule has 2 N–H and O–H groups in total. The number of nitrogens with zero attached hydrogens (tertiary/aromatic N) is 2. The van der Waals surface area contributed by atoms with E-state index in [-0.39, 0.29) is 5.88 Å². The van der Waals surface area contributed by atoms with Gasteiger partial charge in [0.1, 0.15) is 5.75 Å². The molecule has 2 aromatic rings. The van der Waals surface area contributed by atoms with E-state index in [9.17, 15) is 13.2 Å². The van der Waals surface area contributed by atoms with Gasteiger partial charge >= 0.3 is 6.18 Å². The lowest BCUT2D eigenvalue weighted by Gasteiger charge is -2.13. The van der Waals surface area contributed by atoms with E-state index in [0.717, 1.165) is 22.8 Å². The van der Waals surface area contributed by atoms with E-state index in [1.54, 1.807) is 6.07 Å². The smallest absolute Gasteiger partial charge is 0.433 e. The van der Waals surface area contributed by atoms with Gasteiger partial charge in [0.25, 0.3) is 0 Å². The summed E-state index contributed by atoms with van der Waals surface area (Å²) in [5.41, 5.74) is 6.91. The van der Waals surface area contributed by atoms with Crippen LogP contribution in [0, 0.1) is 20.8 Å². The summed E-state index contributed by atoms with van der Waals surface area (Å²) < 4.78 is 43.5. The maximum Gasteiger partial charge on any atom is 0.433 e. The van der Waals surface area contributed by atoms with Crippen LogP contribution in [-0.2, 0) is 6.18 Å². The van der Waals surface area contributed by atoms with Crippen LogP contribution in [0.1, 0.15) is 22.4 Å². The molecule has 7 heteroatoms. The number of halogens is 3. The van der Waals surface area contributed by atoms with Gasteiger partial charge in [0.2, 0.25) is 11.8 Å². The molecule has 0 aliphatic heterocycles. The SMILES string of the molecule is Cc1cc(C)c(C)c(Oc2cc(C(F)(F)F)nc(N)n2)c1. The molecule has 0 aliphatic rings. The summed E-state index contributed by atoms with van der Waals surface area (Å²) in [4.78, 5) is 6.85. The highest BCUT2D eigenvalue weighted by atomic mass is 19.4. The molecular formula is C14H14F3N3O. The third kappa shape index (κ3) is 3.42. The highest BCUT2D eigenvalue weighted by Crippen LogP contribution is 2.32. The van der Waals surface area contributed by atoms with Crippen LogP contribution < -0.4 is 10.5 Å². The van der Waals surface area contributed by atoms with Gasteiger partial charge in [-0.1, -0.05) is 6.07 Å². The van der Waals surface area contributed by atoms with Gasteiger partial charge in [0, 0.05) is 6.07 Å². The second kappa shape index (κ2) is 5.23. The summed E-state index contributed by atoms with van der Waals surface area (Å²) in [5, 5.41) is 0. The maximum atomic E-state index is 12.7. The molecule has 1 aromatic carbocycles. The van der Waals surface area contributed by atoms with Crippen molar-refractivity contribution in [2.24, 2.45) is 0 Å². The average Bonchev–Trinajstić information content (AvgIpc) is 2.33. The van der Waals surface area contributed by atoms with Crippen molar-refractivity contribution in [3.05, 3.63) is 40.6 Å². The molecule has 0 fully saturated rings. The molecule has 1 heterocycles. The molecule has 1 aromatic heterocycles. The fourth-order valence-corrected chi connectivity index (χ4v) is 1.86. The molecule has 112 valence electrons. The number of aryl methyl sites for hydroxylation is 2. The lowest BCUT2D eigenvalue weighted by Crippen LogP contribution is -2.11. The fourth-order valence-electron chi connectivity index (χ4n) is 1.86. The zero-order valence-electron chi connectivity index (χ0n) is 11.7. The molecule has 0 aliphatic carbocycles. The van der Waals surface area contributed by atoms with Gasteiger partial charge < -0.3 is 10.5 Å². The molecule has 0 saturated heterocycles. The summed E-state index contributed by atoms with van der Waals surface area (Å²) in [5.74, 6) is -0.275. The molecular weight excluding hydrogens is 283 g/mol. The van der Waals surface area contributed by atoms with E-state index in [0.29, 0.717) is 5.75 Å². The minimum atomic E-state index is -4.60. The van der Waals surface area contributed by atoms with Crippen molar-refractivity contribution in [2.45, 2.75) is 26.9 Å². The van der Waals surface area contributed by atoms with E-state index in [4.69, 9.17) is 10.5 Å². The molecule has 0 bridgehead atoms. The Morgan fingerprint density at radius 3 is 2.33 bits per heavy atom. The highest BCUT2D eigenvalue weighted by molar-refractivity contribution is 5.44. The molecule has 0 saturated carbocycles. The zero-order chi connectivity index (χ0) is 15.8. The van der Waals surface area contributed by atoms with E-state index in [1.807, 2.05) is 26.8 Å². The minimum Gasteiger partial charge on any atom is -0.439 e.